The van der Waals surface area contributed by atoms with Crippen LogP contribution in [0.15, 0.2) is 41.8 Å². The summed E-state index contributed by atoms with van der Waals surface area (Å²) < 4.78 is 5.00. The molecule has 0 bridgehead atoms. The molecule has 2 rings (SSSR count). The number of nitrogens with zero attached hydrogens (tertiary/aromatic N) is 2. The van der Waals surface area contributed by atoms with E-state index in [1.807, 2.05) is 48.6 Å². The molecule has 28 heavy (non-hydrogen) atoms. The molecule has 2 aromatic rings. The third-order valence-corrected chi connectivity index (χ3v) is 4.88. The van der Waals surface area contributed by atoms with Crippen molar-refractivity contribution in [1.82, 2.24) is 10.2 Å². The second-order valence-corrected chi connectivity index (χ2v) is 7.40. The molecule has 2 amide bonds. The lowest BCUT2D eigenvalue weighted by molar-refractivity contribution is -0.151. The number of rotatable bonds is 9. The first kappa shape index (κ1) is 21.4. The maximum absolute atomic E-state index is 12.1. The van der Waals surface area contributed by atoms with Gasteiger partial charge in [0.15, 0.2) is 6.61 Å². The van der Waals surface area contributed by atoms with E-state index in [4.69, 9.17) is 4.74 Å². The van der Waals surface area contributed by atoms with Crippen LogP contribution in [0.2, 0.25) is 0 Å². The summed E-state index contributed by atoms with van der Waals surface area (Å²) in [6.07, 6.45) is 0.0140. The van der Waals surface area contributed by atoms with Crippen LogP contribution >= 0.6 is 11.3 Å². The molecule has 0 fully saturated rings. The highest BCUT2D eigenvalue weighted by molar-refractivity contribution is 7.12. The van der Waals surface area contributed by atoms with Gasteiger partial charge in [-0.1, -0.05) is 18.2 Å². The van der Waals surface area contributed by atoms with Crippen LogP contribution in [0.1, 0.15) is 21.7 Å². The summed E-state index contributed by atoms with van der Waals surface area (Å²) in [7, 11) is 5.59. The van der Waals surface area contributed by atoms with Crippen LogP contribution in [-0.2, 0) is 20.9 Å². The van der Waals surface area contributed by atoms with E-state index >= 15 is 0 Å². The Morgan fingerprint density at radius 1 is 1.07 bits per heavy atom. The van der Waals surface area contributed by atoms with Gasteiger partial charge in [-0.2, -0.15) is 0 Å². The second-order valence-electron chi connectivity index (χ2n) is 6.45. The van der Waals surface area contributed by atoms with E-state index < -0.39 is 5.97 Å². The largest absolute Gasteiger partial charge is 0.456 e. The Hall–Kier alpha value is -2.87. The van der Waals surface area contributed by atoms with Gasteiger partial charge < -0.3 is 19.9 Å². The summed E-state index contributed by atoms with van der Waals surface area (Å²) in [6, 6.07) is 11.4. The van der Waals surface area contributed by atoms with Crippen LogP contribution < -0.4 is 10.2 Å². The van der Waals surface area contributed by atoms with Crippen molar-refractivity contribution in [2.24, 2.45) is 0 Å². The summed E-state index contributed by atoms with van der Waals surface area (Å²) in [6.45, 7) is 0.281. The van der Waals surface area contributed by atoms with E-state index in [2.05, 4.69) is 5.32 Å². The molecule has 0 saturated heterocycles. The normalized spacial score (nSPS) is 10.2. The van der Waals surface area contributed by atoms with Gasteiger partial charge in [0.05, 0.1) is 11.3 Å². The molecule has 0 atom stereocenters. The number of carbonyl (C=O) groups excluding carboxylic acids is 3. The SMILES string of the molecule is CN(Cc1ccc(N(C)C)cc1)C(=O)COC(=O)CCNC(=O)c1cccs1. The third kappa shape index (κ3) is 6.70. The van der Waals surface area contributed by atoms with Crippen molar-refractivity contribution in [3.63, 3.8) is 0 Å². The summed E-state index contributed by atoms with van der Waals surface area (Å²) >= 11 is 1.33. The van der Waals surface area contributed by atoms with E-state index in [1.165, 1.54) is 16.2 Å². The van der Waals surface area contributed by atoms with Gasteiger partial charge in [0.2, 0.25) is 0 Å². The van der Waals surface area contributed by atoms with Crippen LogP contribution in [0.25, 0.3) is 0 Å². The maximum atomic E-state index is 12.1. The second kappa shape index (κ2) is 10.5. The van der Waals surface area contributed by atoms with Crippen molar-refractivity contribution in [1.29, 1.82) is 0 Å². The maximum Gasteiger partial charge on any atom is 0.308 e. The van der Waals surface area contributed by atoms with Gasteiger partial charge in [-0.3, -0.25) is 14.4 Å². The molecule has 0 aliphatic rings. The third-order valence-electron chi connectivity index (χ3n) is 4.01. The van der Waals surface area contributed by atoms with Crippen molar-refractivity contribution in [2.45, 2.75) is 13.0 Å². The number of carbonyl (C=O) groups is 3. The minimum Gasteiger partial charge on any atom is -0.456 e. The molecular formula is C20H25N3O4S. The van der Waals surface area contributed by atoms with E-state index in [1.54, 1.807) is 19.2 Å². The smallest absolute Gasteiger partial charge is 0.308 e. The van der Waals surface area contributed by atoms with Gasteiger partial charge in [0.1, 0.15) is 0 Å². The fraction of sp³-hybridized carbons (Fsp3) is 0.350. The van der Waals surface area contributed by atoms with E-state index in [0.29, 0.717) is 11.4 Å². The van der Waals surface area contributed by atoms with Gasteiger partial charge in [-0.05, 0) is 29.1 Å². The van der Waals surface area contributed by atoms with Crippen molar-refractivity contribution in [3.8, 4) is 0 Å². The number of ether oxygens (including phenoxy) is 1. The van der Waals surface area contributed by atoms with Crippen molar-refractivity contribution >= 4 is 34.8 Å². The predicted molar refractivity (Wildman–Crippen MR) is 109 cm³/mol. The molecule has 0 saturated carbocycles. The monoisotopic (exact) mass is 403 g/mol. The molecule has 8 heteroatoms. The Labute approximate surface area is 168 Å². The number of hydrogen-bond donors (Lipinski definition) is 1. The number of benzene rings is 1. The number of thiophene rings is 1. The number of esters is 1. The molecule has 7 nitrogen and oxygen atoms in total. The molecule has 1 N–H and O–H groups in total. The minimum absolute atomic E-state index is 0.0140. The highest BCUT2D eigenvalue weighted by Crippen LogP contribution is 2.13. The zero-order valence-corrected chi connectivity index (χ0v) is 17.1. The van der Waals surface area contributed by atoms with Crippen LogP contribution in [0.5, 0.6) is 0 Å². The van der Waals surface area contributed by atoms with Crippen LogP contribution in [0.3, 0.4) is 0 Å². The lowest BCUT2D eigenvalue weighted by Crippen LogP contribution is -2.31. The van der Waals surface area contributed by atoms with Gasteiger partial charge in [-0.15, -0.1) is 11.3 Å². The first-order chi connectivity index (χ1) is 13.4. The molecule has 0 radical (unpaired) electrons. The first-order valence-corrected chi connectivity index (χ1v) is 9.72. The van der Waals surface area contributed by atoms with Crippen molar-refractivity contribution < 1.29 is 19.1 Å². The molecular weight excluding hydrogens is 378 g/mol. The Kier molecular flexibility index (Phi) is 8.01. The highest BCUT2D eigenvalue weighted by atomic mass is 32.1. The van der Waals surface area contributed by atoms with Gasteiger partial charge in [-0.25, -0.2) is 0 Å². The summed E-state index contributed by atoms with van der Waals surface area (Å²) in [5.74, 6) is -1.03. The zero-order valence-electron chi connectivity index (χ0n) is 16.3. The predicted octanol–water partition coefficient (Wildman–Crippen LogP) is 2.14. The summed E-state index contributed by atoms with van der Waals surface area (Å²) in [5, 5.41) is 4.45. The van der Waals surface area contributed by atoms with Crippen molar-refractivity contribution in [3.05, 3.63) is 52.2 Å². The number of hydrogen-bond acceptors (Lipinski definition) is 6. The number of likely N-dealkylation sites (N-methyl/N-ethyl adjacent to an activating group) is 1. The minimum atomic E-state index is -0.524. The van der Waals surface area contributed by atoms with Crippen molar-refractivity contribution in [2.75, 3.05) is 39.2 Å². The zero-order chi connectivity index (χ0) is 20.5. The van der Waals surface area contributed by atoms with Crippen LogP contribution in [0, 0.1) is 0 Å². The molecule has 0 aliphatic heterocycles. The first-order valence-electron chi connectivity index (χ1n) is 8.84. The standard InChI is InChI=1S/C20H25N3O4S/c1-22(2)16-8-6-15(7-9-16)13-23(3)18(24)14-27-19(25)10-11-21-20(26)17-5-4-12-28-17/h4-9,12H,10-11,13-14H2,1-3H3,(H,21,26). The summed E-state index contributed by atoms with van der Waals surface area (Å²) in [5.41, 5.74) is 2.07. The lowest BCUT2D eigenvalue weighted by atomic mass is 10.2. The quantitative estimate of drug-likeness (QED) is 0.649. The summed E-state index contributed by atoms with van der Waals surface area (Å²) in [4.78, 5) is 39.7. The van der Waals surface area contributed by atoms with Crippen LogP contribution in [-0.4, -0.2) is 57.0 Å². The lowest BCUT2D eigenvalue weighted by Gasteiger charge is -2.18. The molecule has 1 aromatic heterocycles. The molecule has 0 spiro atoms. The van der Waals surface area contributed by atoms with Crippen LogP contribution in [0.4, 0.5) is 5.69 Å². The Bertz CT molecular complexity index is 788. The Morgan fingerprint density at radius 3 is 2.39 bits per heavy atom. The number of amides is 2. The highest BCUT2D eigenvalue weighted by Gasteiger charge is 2.13. The van der Waals surface area contributed by atoms with E-state index in [0.717, 1.165) is 11.3 Å². The molecule has 0 unspecified atom stereocenters. The fourth-order valence-corrected chi connectivity index (χ4v) is 3.00. The average molecular weight is 404 g/mol. The van der Waals surface area contributed by atoms with Gasteiger partial charge in [0.25, 0.3) is 11.8 Å². The van der Waals surface area contributed by atoms with Gasteiger partial charge in [0, 0.05) is 39.9 Å². The molecule has 1 heterocycles. The number of nitrogens with one attached hydrogen (secondary N) is 1. The number of anilines is 1. The molecule has 150 valence electrons. The molecule has 1 aromatic carbocycles. The molecule has 0 aliphatic carbocycles. The van der Waals surface area contributed by atoms with E-state index in [9.17, 15) is 14.4 Å². The topological polar surface area (TPSA) is 79.0 Å². The van der Waals surface area contributed by atoms with E-state index in [-0.39, 0.29) is 31.4 Å². The van der Waals surface area contributed by atoms with Gasteiger partial charge >= 0.3 is 5.97 Å². The average Bonchev–Trinajstić information content (AvgIpc) is 3.21. The Morgan fingerprint density at radius 2 is 1.79 bits per heavy atom. The fourth-order valence-electron chi connectivity index (χ4n) is 2.36. The Balaban J connectivity index is 1.67.